The number of aryl methyl sites for hydroxylation is 1. The molecule has 0 unspecified atom stereocenters. The minimum absolute atomic E-state index is 0.243. The van der Waals surface area contributed by atoms with Crippen LogP contribution in [0.4, 0.5) is 0 Å². The summed E-state index contributed by atoms with van der Waals surface area (Å²) in [6.45, 7) is 3.88. The SMILES string of the molecule is COC(=O)CCc1c(C)nn(-c2ccc(C(=O)Oc3ccccc3)cc2)c1C. The summed E-state index contributed by atoms with van der Waals surface area (Å²) in [5, 5.41) is 4.57. The number of aromatic nitrogens is 2. The minimum atomic E-state index is -0.412. The van der Waals surface area contributed by atoms with Gasteiger partial charge >= 0.3 is 11.9 Å². The van der Waals surface area contributed by atoms with Crippen molar-refractivity contribution in [1.29, 1.82) is 0 Å². The summed E-state index contributed by atoms with van der Waals surface area (Å²) in [7, 11) is 1.38. The molecule has 6 nitrogen and oxygen atoms in total. The predicted molar refractivity (Wildman–Crippen MR) is 105 cm³/mol. The molecule has 28 heavy (non-hydrogen) atoms. The van der Waals surface area contributed by atoms with Crippen molar-refractivity contribution in [2.24, 2.45) is 0 Å². The standard InChI is InChI=1S/C22H22N2O4/c1-15-20(13-14-21(25)27-3)16(2)24(23-15)18-11-9-17(10-12-18)22(26)28-19-7-5-4-6-8-19/h4-12H,13-14H2,1-3H3. The van der Waals surface area contributed by atoms with Crippen molar-refractivity contribution in [2.45, 2.75) is 26.7 Å². The number of para-hydroxylation sites is 1. The van der Waals surface area contributed by atoms with Crippen molar-refractivity contribution in [1.82, 2.24) is 9.78 Å². The second-order valence-electron chi connectivity index (χ2n) is 6.39. The molecule has 0 bridgehead atoms. The van der Waals surface area contributed by atoms with Crippen LogP contribution in [0.3, 0.4) is 0 Å². The lowest BCUT2D eigenvalue weighted by atomic mass is 10.1. The van der Waals surface area contributed by atoms with Gasteiger partial charge in [0, 0.05) is 12.1 Å². The van der Waals surface area contributed by atoms with Gasteiger partial charge in [0.25, 0.3) is 0 Å². The van der Waals surface area contributed by atoms with Gasteiger partial charge in [-0.25, -0.2) is 9.48 Å². The Morgan fingerprint density at radius 2 is 1.68 bits per heavy atom. The number of benzene rings is 2. The van der Waals surface area contributed by atoms with Crippen LogP contribution in [0.5, 0.6) is 5.75 Å². The zero-order valence-corrected chi connectivity index (χ0v) is 16.1. The van der Waals surface area contributed by atoms with E-state index in [9.17, 15) is 9.59 Å². The van der Waals surface area contributed by atoms with E-state index >= 15 is 0 Å². The molecule has 0 saturated carbocycles. The molecule has 0 spiro atoms. The van der Waals surface area contributed by atoms with Gasteiger partial charge < -0.3 is 9.47 Å². The number of esters is 2. The van der Waals surface area contributed by atoms with E-state index in [0.717, 1.165) is 22.6 Å². The molecule has 0 fully saturated rings. The molecular formula is C22H22N2O4. The van der Waals surface area contributed by atoms with Crippen molar-refractivity contribution < 1.29 is 19.1 Å². The molecule has 0 radical (unpaired) electrons. The maximum absolute atomic E-state index is 12.3. The zero-order chi connectivity index (χ0) is 20.1. The first-order valence-corrected chi connectivity index (χ1v) is 8.99. The smallest absolute Gasteiger partial charge is 0.343 e. The quantitative estimate of drug-likeness (QED) is 0.482. The van der Waals surface area contributed by atoms with E-state index in [-0.39, 0.29) is 5.97 Å². The van der Waals surface area contributed by atoms with Crippen molar-refractivity contribution in [2.75, 3.05) is 7.11 Å². The summed E-state index contributed by atoms with van der Waals surface area (Å²) in [6.07, 6.45) is 0.889. The highest BCUT2D eigenvalue weighted by Gasteiger charge is 2.15. The molecule has 3 rings (SSSR count). The van der Waals surface area contributed by atoms with Gasteiger partial charge in [0.1, 0.15) is 5.75 Å². The Morgan fingerprint density at radius 1 is 1.00 bits per heavy atom. The number of ether oxygens (including phenoxy) is 2. The molecule has 1 heterocycles. The van der Waals surface area contributed by atoms with E-state index in [0.29, 0.717) is 24.2 Å². The average molecular weight is 378 g/mol. The highest BCUT2D eigenvalue weighted by molar-refractivity contribution is 5.91. The predicted octanol–water partition coefficient (Wildman–Crippen LogP) is 3.81. The van der Waals surface area contributed by atoms with E-state index in [1.165, 1.54) is 7.11 Å². The van der Waals surface area contributed by atoms with Crippen LogP contribution < -0.4 is 4.74 Å². The average Bonchev–Trinajstić information content (AvgIpc) is 3.00. The lowest BCUT2D eigenvalue weighted by Crippen LogP contribution is -2.09. The third-order valence-electron chi connectivity index (χ3n) is 4.55. The molecule has 2 aromatic carbocycles. The Labute approximate surface area is 163 Å². The van der Waals surface area contributed by atoms with E-state index in [1.54, 1.807) is 24.3 Å². The number of carbonyl (C=O) groups is 2. The van der Waals surface area contributed by atoms with E-state index in [2.05, 4.69) is 5.10 Å². The molecule has 6 heteroatoms. The van der Waals surface area contributed by atoms with Gasteiger partial charge in [-0.3, -0.25) is 4.79 Å². The first-order chi connectivity index (χ1) is 13.5. The molecule has 0 aliphatic carbocycles. The van der Waals surface area contributed by atoms with Crippen LogP contribution >= 0.6 is 0 Å². The first kappa shape index (κ1) is 19.4. The van der Waals surface area contributed by atoms with Gasteiger partial charge in [0.2, 0.25) is 0 Å². The fraction of sp³-hybridized carbons (Fsp3) is 0.227. The van der Waals surface area contributed by atoms with Crippen molar-refractivity contribution in [3.8, 4) is 11.4 Å². The Balaban J connectivity index is 1.76. The Hall–Kier alpha value is -3.41. The molecule has 1 aromatic heterocycles. The zero-order valence-electron chi connectivity index (χ0n) is 16.1. The second-order valence-corrected chi connectivity index (χ2v) is 6.39. The molecule has 0 amide bonds. The number of methoxy groups -OCH3 is 1. The largest absolute Gasteiger partial charge is 0.469 e. The van der Waals surface area contributed by atoms with Crippen LogP contribution in [0.2, 0.25) is 0 Å². The maximum Gasteiger partial charge on any atom is 0.343 e. The number of hydrogen-bond acceptors (Lipinski definition) is 5. The fourth-order valence-electron chi connectivity index (χ4n) is 3.01. The van der Waals surface area contributed by atoms with Crippen molar-refractivity contribution in [3.63, 3.8) is 0 Å². The summed E-state index contributed by atoms with van der Waals surface area (Å²) in [5.74, 6) is -0.150. The van der Waals surface area contributed by atoms with Gasteiger partial charge in [-0.2, -0.15) is 5.10 Å². The number of nitrogens with zero attached hydrogens (tertiary/aromatic N) is 2. The highest BCUT2D eigenvalue weighted by Crippen LogP contribution is 2.20. The topological polar surface area (TPSA) is 70.4 Å². The Morgan fingerprint density at radius 3 is 2.32 bits per heavy atom. The summed E-state index contributed by atoms with van der Waals surface area (Å²) in [6, 6.07) is 16.0. The number of hydrogen-bond donors (Lipinski definition) is 0. The van der Waals surface area contributed by atoms with Gasteiger partial charge in [0.05, 0.1) is 24.1 Å². The third kappa shape index (κ3) is 4.28. The van der Waals surface area contributed by atoms with Gasteiger partial charge in [0.15, 0.2) is 0 Å². The Kier molecular flexibility index (Phi) is 5.89. The monoisotopic (exact) mass is 378 g/mol. The highest BCUT2D eigenvalue weighted by atomic mass is 16.5. The maximum atomic E-state index is 12.3. The third-order valence-corrected chi connectivity index (χ3v) is 4.55. The van der Waals surface area contributed by atoms with Crippen molar-refractivity contribution in [3.05, 3.63) is 77.1 Å². The second kappa shape index (κ2) is 8.52. The summed E-state index contributed by atoms with van der Waals surface area (Å²) in [4.78, 5) is 23.7. The lowest BCUT2D eigenvalue weighted by Gasteiger charge is -2.07. The molecule has 3 aromatic rings. The van der Waals surface area contributed by atoms with E-state index < -0.39 is 5.97 Å². The normalized spacial score (nSPS) is 10.5. The molecule has 144 valence electrons. The van der Waals surface area contributed by atoms with Crippen molar-refractivity contribution >= 4 is 11.9 Å². The molecule has 0 saturated heterocycles. The van der Waals surface area contributed by atoms with E-state index in [1.807, 2.05) is 48.9 Å². The minimum Gasteiger partial charge on any atom is -0.469 e. The molecule has 0 N–H and O–H groups in total. The fourth-order valence-corrected chi connectivity index (χ4v) is 3.01. The van der Waals surface area contributed by atoms with E-state index in [4.69, 9.17) is 9.47 Å². The lowest BCUT2D eigenvalue weighted by molar-refractivity contribution is -0.140. The molecule has 0 aliphatic rings. The van der Waals surface area contributed by atoms with Gasteiger partial charge in [-0.05, 0) is 62.2 Å². The summed E-state index contributed by atoms with van der Waals surface area (Å²) in [5.41, 5.74) is 4.15. The number of carbonyl (C=O) groups excluding carboxylic acids is 2. The van der Waals surface area contributed by atoms with Crippen LogP contribution in [0.15, 0.2) is 54.6 Å². The van der Waals surface area contributed by atoms with Crippen LogP contribution in [0.25, 0.3) is 5.69 Å². The van der Waals surface area contributed by atoms with Crippen LogP contribution in [0.1, 0.15) is 33.7 Å². The summed E-state index contributed by atoms with van der Waals surface area (Å²) < 4.78 is 11.9. The Bertz CT molecular complexity index is 976. The summed E-state index contributed by atoms with van der Waals surface area (Å²) >= 11 is 0. The molecule has 0 aliphatic heterocycles. The first-order valence-electron chi connectivity index (χ1n) is 8.99. The van der Waals surface area contributed by atoms with Crippen LogP contribution in [0, 0.1) is 13.8 Å². The van der Waals surface area contributed by atoms with Crippen LogP contribution in [-0.2, 0) is 16.0 Å². The van der Waals surface area contributed by atoms with Crippen LogP contribution in [-0.4, -0.2) is 28.8 Å². The number of rotatable bonds is 6. The molecular weight excluding hydrogens is 356 g/mol. The van der Waals surface area contributed by atoms with Gasteiger partial charge in [-0.15, -0.1) is 0 Å². The van der Waals surface area contributed by atoms with Gasteiger partial charge in [-0.1, -0.05) is 18.2 Å². The molecule has 0 atom stereocenters.